The predicted octanol–water partition coefficient (Wildman–Crippen LogP) is 1.67. The SMILES string of the molecule is Cc1nc(C)n(CC2CCCN(c3cnn(C)c(=O)c3Br)C2)n1. The zero-order chi connectivity index (χ0) is 16.6. The quantitative estimate of drug-likeness (QED) is 0.809. The topological polar surface area (TPSA) is 68.8 Å². The first-order valence-corrected chi connectivity index (χ1v) is 8.60. The fraction of sp³-hybridized carbons (Fsp3) is 0.600. The van der Waals surface area contributed by atoms with Crippen molar-refractivity contribution in [3.8, 4) is 0 Å². The summed E-state index contributed by atoms with van der Waals surface area (Å²) in [5, 5.41) is 8.60. The lowest BCUT2D eigenvalue weighted by Gasteiger charge is -2.34. The molecule has 1 unspecified atom stereocenters. The van der Waals surface area contributed by atoms with Gasteiger partial charge in [0.2, 0.25) is 0 Å². The van der Waals surface area contributed by atoms with E-state index in [-0.39, 0.29) is 5.56 Å². The molecule has 1 fully saturated rings. The second-order valence-corrected chi connectivity index (χ2v) is 6.91. The normalized spacial score (nSPS) is 18.4. The standard InChI is InChI=1S/C15H21BrN6O/c1-10-18-11(2)22(19-10)9-12-5-4-6-21(8-12)13-7-17-20(3)15(23)14(13)16/h7,12H,4-6,8-9H2,1-3H3. The van der Waals surface area contributed by atoms with E-state index in [9.17, 15) is 4.79 Å². The van der Waals surface area contributed by atoms with Gasteiger partial charge in [-0.2, -0.15) is 10.2 Å². The molecule has 124 valence electrons. The summed E-state index contributed by atoms with van der Waals surface area (Å²) in [5.41, 5.74) is 0.775. The number of rotatable bonds is 3. The van der Waals surface area contributed by atoms with E-state index in [4.69, 9.17) is 0 Å². The van der Waals surface area contributed by atoms with Gasteiger partial charge in [0.15, 0.2) is 0 Å². The summed E-state index contributed by atoms with van der Waals surface area (Å²) in [4.78, 5) is 18.7. The van der Waals surface area contributed by atoms with Crippen molar-refractivity contribution in [1.29, 1.82) is 0 Å². The number of nitrogens with zero attached hydrogens (tertiary/aromatic N) is 6. The van der Waals surface area contributed by atoms with Crippen LogP contribution in [0.1, 0.15) is 24.5 Å². The number of anilines is 1. The fourth-order valence-corrected chi connectivity index (χ4v) is 3.74. The number of halogens is 1. The minimum absolute atomic E-state index is 0.104. The second kappa shape index (κ2) is 6.43. The summed E-state index contributed by atoms with van der Waals surface area (Å²) in [6, 6.07) is 0. The predicted molar refractivity (Wildman–Crippen MR) is 91.6 cm³/mol. The molecule has 0 radical (unpaired) electrons. The molecule has 0 aliphatic carbocycles. The Kier molecular flexibility index (Phi) is 4.52. The highest BCUT2D eigenvalue weighted by Gasteiger charge is 2.24. The first-order valence-electron chi connectivity index (χ1n) is 7.80. The van der Waals surface area contributed by atoms with Crippen LogP contribution in [0, 0.1) is 19.8 Å². The number of aryl methyl sites for hydroxylation is 3. The fourth-order valence-electron chi connectivity index (χ4n) is 3.13. The van der Waals surface area contributed by atoms with Gasteiger partial charge in [0.25, 0.3) is 5.56 Å². The van der Waals surface area contributed by atoms with Gasteiger partial charge in [-0.05, 0) is 48.5 Å². The molecule has 2 aromatic heterocycles. The maximum Gasteiger partial charge on any atom is 0.282 e. The highest BCUT2D eigenvalue weighted by molar-refractivity contribution is 9.10. The van der Waals surface area contributed by atoms with Gasteiger partial charge in [-0.1, -0.05) is 0 Å². The number of piperidine rings is 1. The molecule has 3 heterocycles. The number of hydrogen-bond donors (Lipinski definition) is 0. The Morgan fingerprint density at radius 3 is 2.87 bits per heavy atom. The Labute approximate surface area is 143 Å². The first-order chi connectivity index (χ1) is 11.0. The lowest BCUT2D eigenvalue weighted by atomic mass is 9.97. The smallest absolute Gasteiger partial charge is 0.282 e. The van der Waals surface area contributed by atoms with Gasteiger partial charge in [0, 0.05) is 26.7 Å². The van der Waals surface area contributed by atoms with Crippen molar-refractivity contribution in [3.05, 3.63) is 32.7 Å². The molecule has 7 nitrogen and oxygen atoms in total. The Morgan fingerprint density at radius 2 is 2.17 bits per heavy atom. The second-order valence-electron chi connectivity index (χ2n) is 6.12. The van der Waals surface area contributed by atoms with Crippen LogP contribution in [0.25, 0.3) is 0 Å². The van der Waals surface area contributed by atoms with Gasteiger partial charge in [-0.15, -0.1) is 0 Å². The molecule has 0 N–H and O–H groups in total. The summed E-state index contributed by atoms with van der Waals surface area (Å²) in [7, 11) is 1.66. The van der Waals surface area contributed by atoms with Gasteiger partial charge in [0.1, 0.15) is 16.1 Å². The first kappa shape index (κ1) is 16.2. The lowest BCUT2D eigenvalue weighted by Crippen LogP contribution is -2.38. The van der Waals surface area contributed by atoms with E-state index in [1.165, 1.54) is 4.68 Å². The summed E-state index contributed by atoms with van der Waals surface area (Å²) >= 11 is 3.43. The van der Waals surface area contributed by atoms with Crippen molar-refractivity contribution in [2.24, 2.45) is 13.0 Å². The zero-order valence-corrected chi connectivity index (χ0v) is 15.2. The van der Waals surface area contributed by atoms with Crippen LogP contribution in [0.15, 0.2) is 15.5 Å². The van der Waals surface area contributed by atoms with Crippen LogP contribution in [0.4, 0.5) is 5.69 Å². The van der Waals surface area contributed by atoms with Crippen LogP contribution in [0.5, 0.6) is 0 Å². The molecule has 23 heavy (non-hydrogen) atoms. The van der Waals surface area contributed by atoms with Crippen LogP contribution in [0.2, 0.25) is 0 Å². The third kappa shape index (κ3) is 3.31. The van der Waals surface area contributed by atoms with Gasteiger partial charge in [0.05, 0.1) is 11.9 Å². The van der Waals surface area contributed by atoms with Crippen molar-refractivity contribution in [1.82, 2.24) is 24.5 Å². The average Bonchev–Trinajstić information content (AvgIpc) is 2.83. The summed E-state index contributed by atoms with van der Waals surface area (Å²) in [6.07, 6.45) is 4.02. The highest BCUT2D eigenvalue weighted by Crippen LogP contribution is 2.27. The van der Waals surface area contributed by atoms with E-state index in [0.717, 1.165) is 49.8 Å². The summed E-state index contributed by atoms with van der Waals surface area (Å²) in [6.45, 7) is 6.60. The molecule has 1 saturated heterocycles. The van der Waals surface area contributed by atoms with E-state index in [1.54, 1.807) is 13.2 Å². The van der Waals surface area contributed by atoms with Crippen LogP contribution in [0.3, 0.4) is 0 Å². The van der Waals surface area contributed by atoms with Crippen LogP contribution in [-0.2, 0) is 13.6 Å². The van der Waals surface area contributed by atoms with E-state index >= 15 is 0 Å². The molecular weight excluding hydrogens is 360 g/mol. The Bertz CT molecular complexity index is 768. The van der Waals surface area contributed by atoms with Crippen molar-refractivity contribution >= 4 is 21.6 Å². The minimum atomic E-state index is -0.104. The van der Waals surface area contributed by atoms with Crippen molar-refractivity contribution in [3.63, 3.8) is 0 Å². The van der Waals surface area contributed by atoms with Crippen molar-refractivity contribution in [2.45, 2.75) is 33.2 Å². The van der Waals surface area contributed by atoms with Crippen molar-refractivity contribution < 1.29 is 0 Å². The monoisotopic (exact) mass is 380 g/mol. The van der Waals surface area contributed by atoms with E-state index in [0.29, 0.717) is 10.4 Å². The van der Waals surface area contributed by atoms with Gasteiger partial charge in [-0.25, -0.2) is 14.3 Å². The van der Waals surface area contributed by atoms with Crippen LogP contribution < -0.4 is 10.5 Å². The molecule has 0 amide bonds. The highest BCUT2D eigenvalue weighted by atomic mass is 79.9. The lowest BCUT2D eigenvalue weighted by molar-refractivity contribution is 0.347. The molecule has 8 heteroatoms. The maximum atomic E-state index is 12.1. The van der Waals surface area contributed by atoms with Crippen LogP contribution in [-0.4, -0.2) is 37.6 Å². The molecule has 0 saturated carbocycles. The van der Waals surface area contributed by atoms with E-state index in [1.807, 2.05) is 18.5 Å². The largest absolute Gasteiger partial charge is 0.369 e. The van der Waals surface area contributed by atoms with E-state index < -0.39 is 0 Å². The molecule has 1 aliphatic rings. The average molecular weight is 381 g/mol. The Hall–Kier alpha value is -1.70. The molecule has 1 atom stereocenters. The number of hydrogen-bond acceptors (Lipinski definition) is 5. The number of aromatic nitrogens is 5. The Balaban J connectivity index is 1.77. The van der Waals surface area contributed by atoms with Gasteiger partial charge < -0.3 is 4.90 Å². The molecule has 3 rings (SSSR count). The zero-order valence-electron chi connectivity index (χ0n) is 13.7. The van der Waals surface area contributed by atoms with Gasteiger partial charge in [-0.3, -0.25) is 4.79 Å². The third-order valence-electron chi connectivity index (χ3n) is 4.31. The molecule has 0 bridgehead atoms. The van der Waals surface area contributed by atoms with E-state index in [2.05, 4.69) is 36.0 Å². The summed E-state index contributed by atoms with van der Waals surface area (Å²) in [5.74, 6) is 2.25. The van der Waals surface area contributed by atoms with Crippen molar-refractivity contribution in [2.75, 3.05) is 18.0 Å². The van der Waals surface area contributed by atoms with Gasteiger partial charge >= 0.3 is 0 Å². The maximum absolute atomic E-state index is 12.1. The third-order valence-corrected chi connectivity index (χ3v) is 5.06. The molecule has 0 spiro atoms. The molecule has 0 aromatic carbocycles. The molecular formula is C15H21BrN6O. The summed E-state index contributed by atoms with van der Waals surface area (Å²) < 4.78 is 3.92. The molecule has 1 aliphatic heterocycles. The van der Waals surface area contributed by atoms with Crippen LogP contribution >= 0.6 is 15.9 Å². The Morgan fingerprint density at radius 1 is 1.39 bits per heavy atom. The molecule has 2 aromatic rings. The minimum Gasteiger partial charge on any atom is -0.369 e.